The van der Waals surface area contributed by atoms with Crippen molar-refractivity contribution >= 4 is 5.95 Å². The summed E-state index contributed by atoms with van der Waals surface area (Å²) in [6, 6.07) is 14.9. The van der Waals surface area contributed by atoms with Crippen molar-refractivity contribution in [2.75, 3.05) is 38.7 Å². The van der Waals surface area contributed by atoms with Crippen molar-refractivity contribution in [3.63, 3.8) is 0 Å². The monoisotopic (exact) mass is 403 g/mol. The quantitative estimate of drug-likeness (QED) is 0.629. The molecule has 3 heterocycles. The lowest BCUT2D eigenvalue weighted by atomic mass is 10.0. The molecule has 2 aromatic heterocycles. The predicted molar refractivity (Wildman–Crippen MR) is 119 cm³/mol. The van der Waals surface area contributed by atoms with Crippen LogP contribution in [-0.4, -0.2) is 53.6 Å². The molecule has 0 amide bonds. The first-order valence-electron chi connectivity index (χ1n) is 10.4. The summed E-state index contributed by atoms with van der Waals surface area (Å²) in [6.45, 7) is 5.29. The van der Waals surface area contributed by atoms with E-state index in [4.69, 9.17) is 9.72 Å². The van der Waals surface area contributed by atoms with E-state index < -0.39 is 0 Å². The van der Waals surface area contributed by atoms with E-state index >= 15 is 0 Å². The van der Waals surface area contributed by atoms with E-state index in [0.717, 1.165) is 49.0 Å². The first-order valence-corrected chi connectivity index (χ1v) is 10.4. The van der Waals surface area contributed by atoms with Crippen molar-refractivity contribution in [3.05, 3.63) is 82.9 Å². The molecule has 0 saturated carbocycles. The van der Waals surface area contributed by atoms with E-state index in [9.17, 15) is 0 Å². The molecule has 0 bridgehead atoms. The van der Waals surface area contributed by atoms with E-state index in [1.165, 1.54) is 11.1 Å². The standard InChI is InChI=1S/C24H29N5O/c1-18-11-20(12-19-7-5-4-6-8-19)13-22(27-18)23-17-29(9-10-30-23)16-21-14-25-24(26-15-21)28(2)3/h4-8,11,13-15,23H,9-10,12,16-17H2,1-3H3/t23-/m0/s1. The van der Waals surface area contributed by atoms with Gasteiger partial charge in [-0.1, -0.05) is 30.3 Å². The summed E-state index contributed by atoms with van der Waals surface area (Å²) in [6.07, 6.45) is 4.71. The Bertz CT molecular complexity index is 959. The lowest BCUT2D eigenvalue weighted by Crippen LogP contribution is -2.38. The van der Waals surface area contributed by atoms with Gasteiger partial charge in [-0.2, -0.15) is 0 Å². The second kappa shape index (κ2) is 9.32. The molecule has 0 aliphatic carbocycles. The molecule has 1 aromatic carbocycles. The summed E-state index contributed by atoms with van der Waals surface area (Å²) in [5, 5.41) is 0. The Balaban J connectivity index is 1.45. The SMILES string of the molecule is Cc1cc(Cc2ccccc2)cc([C@@H]2CN(Cc3cnc(N(C)C)nc3)CCO2)n1. The van der Waals surface area contributed by atoms with Crippen molar-refractivity contribution in [2.24, 2.45) is 0 Å². The number of morpholine rings is 1. The second-order valence-electron chi connectivity index (χ2n) is 8.08. The van der Waals surface area contributed by atoms with Gasteiger partial charge in [0.05, 0.1) is 12.3 Å². The van der Waals surface area contributed by atoms with E-state index in [1.54, 1.807) is 0 Å². The number of benzene rings is 1. The average molecular weight is 404 g/mol. The third kappa shape index (κ3) is 5.20. The zero-order valence-corrected chi connectivity index (χ0v) is 18.0. The number of hydrogen-bond acceptors (Lipinski definition) is 6. The Morgan fingerprint density at radius 3 is 2.53 bits per heavy atom. The molecule has 6 heteroatoms. The van der Waals surface area contributed by atoms with E-state index in [0.29, 0.717) is 6.61 Å². The Hall–Kier alpha value is -2.83. The van der Waals surface area contributed by atoms with E-state index in [-0.39, 0.29) is 6.10 Å². The molecule has 1 atom stereocenters. The number of anilines is 1. The van der Waals surface area contributed by atoms with Crippen molar-refractivity contribution in [1.82, 2.24) is 19.9 Å². The average Bonchev–Trinajstić information content (AvgIpc) is 2.75. The van der Waals surface area contributed by atoms with Gasteiger partial charge in [-0.25, -0.2) is 9.97 Å². The molecule has 0 unspecified atom stereocenters. The zero-order chi connectivity index (χ0) is 20.9. The molecule has 1 saturated heterocycles. The lowest BCUT2D eigenvalue weighted by molar-refractivity contribution is -0.0351. The van der Waals surface area contributed by atoms with Crippen molar-refractivity contribution in [2.45, 2.75) is 26.0 Å². The van der Waals surface area contributed by atoms with E-state index in [2.05, 4.69) is 64.3 Å². The van der Waals surface area contributed by atoms with Crippen LogP contribution in [0.4, 0.5) is 5.95 Å². The third-order valence-electron chi connectivity index (χ3n) is 5.26. The minimum atomic E-state index is -0.0184. The summed E-state index contributed by atoms with van der Waals surface area (Å²) in [5.74, 6) is 0.730. The van der Waals surface area contributed by atoms with Gasteiger partial charge < -0.3 is 9.64 Å². The predicted octanol–water partition coefficient (Wildman–Crippen LogP) is 3.41. The van der Waals surface area contributed by atoms with Crippen molar-refractivity contribution in [3.8, 4) is 0 Å². The number of hydrogen-bond donors (Lipinski definition) is 0. The first kappa shape index (κ1) is 20.4. The first-order chi connectivity index (χ1) is 14.6. The fourth-order valence-corrected chi connectivity index (χ4v) is 3.81. The van der Waals surface area contributed by atoms with Crippen LogP contribution in [0.3, 0.4) is 0 Å². The van der Waals surface area contributed by atoms with Gasteiger partial charge in [0.2, 0.25) is 5.95 Å². The van der Waals surface area contributed by atoms with Crippen LogP contribution in [0.1, 0.15) is 34.2 Å². The molecule has 3 aromatic rings. The molecule has 4 rings (SSSR count). The van der Waals surface area contributed by atoms with Gasteiger partial charge in [0.1, 0.15) is 6.10 Å². The molecule has 0 N–H and O–H groups in total. The van der Waals surface area contributed by atoms with Gasteiger partial charge in [-0.05, 0) is 36.6 Å². The molecule has 30 heavy (non-hydrogen) atoms. The van der Waals surface area contributed by atoms with Gasteiger partial charge >= 0.3 is 0 Å². The van der Waals surface area contributed by atoms with Gasteiger partial charge in [0, 0.05) is 57.4 Å². The molecule has 1 aliphatic rings. The third-order valence-corrected chi connectivity index (χ3v) is 5.26. The maximum Gasteiger partial charge on any atom is 0.224 e. The number of ether oxygens (including phenoxy) is 1. The van der Waals surface area contributed by atoms with Gasteiger partial charge in [-0.3, -0.25) is 9.88 Å². The number of rotatable bonds is 6. The van der Waals surface area contributed by atoms with Crippen LogP contribution >= 0.6 is 0 Å². The topological polar surface area (TPSA) is 54.4 Å². The normalized spacial score (nSPS) is 17.1. The minimum absolute atomic E-state index is 0.0184. The van der Waals surface area contributed by atoms with Crippen LogP contribution in [-0.2, 0) is 17.7 Å². The minimum Gasteiger partial charge on any atom is -0.369 e. The van der Waals surface area contributed by atoms with Gasteiger partial charge in [0.15, 0.2) is 0 Å². The lowest BCUT2D eigenvalue weighted by Gasteiger charge is -2.32. The highest BCUT2D eigenvalue weighted by Gasteiger charge is 2.24. The summed E-state index contributed by atoms with van der Waals surface area (Å²) in [5.41, 5.74) is 5.75. The Labute approximate surface area is 178 Å². The number of aromatic nitrogens is 3. The Kier molecular flexibility index (Phi) is 6.35. The fourth-order valence-electron chi connectivity index (χ4n) is 3.81. The largest absolute Gasteiger partial charge is 0.369 e. The molecule has 0 radical (unpaired) electrons. The molecule has 156 valence electrons. The highest BCUT2D eigenvalue weighted by molar-refractivity contribution is 5.30. The zero-order valence-electron chi connectivity index (χ0n) is 18.0. The second-order valence-corrected chi connectivity index (χ2v) is 8.08. The van der Waals surface area contributed by atoms with Crippen molar-refractivity contribution in [1.29, 1.82) is 0 Å². The number of pyridine rings is 1. The molecular formula is C24H29N5O. The summed E-state index contributed by atoms with van der Waals surface area (Å²) >= 11 is 0. The summed E-state index contributed by atoms with van der Waals surface area (Å²) in [4.78, 5) is 17.9. The fraction of sp³-hybridized carbons (Fsp3) is 0.375. The van der Waals surface area contributed by atoms with Crippen LogP contribution < -0.4 is 4.90 Å². The maximum absolute atomic E-state index is 6.10. The molecule has 6 nitrogen and oxygen atoms in total. The Morgan fingerprint density at radius 1 is 1.03 bits per heavy atom. The van der Waals surface area contributed by atoms with Crippen molar-refractivity contribution < 1.29 is 4.74 Å². The van der Waals surface area contributed by atoms with Crippen LogP contribution in [0.25, 0.3) is 0 Å². The maximum atomic E-state index is 6.10. The summed E-state index contributed by atoms with van der Waals surface area (Å²) < 4.78 is 6.10. The van der Waals surface area contributed by atoms with Crippen LogP contribution in [0.5, 0.6) is 0 Å². The molecular weight excluding hydrogens is 374 g/mol. The number of nitrogens with zero attached hydrogens (tertiary/aromatic N) is 5. The Morgan fingerprint density at radius 2 is 1.80 bits per heavy atom. The number of aryl methyl sites for hydroxylation is 1. The van der Waals surface area contributed by atoms with Gasteiger partial charge in [-0.15, -0.1) is 0 Å². The smallest absolute Gasteiger partial charge is 0.224 e. The highest BCUT2D eigenvalue weighted by atomic mass is 16.5. The van der Waals surface area contributed by atoms with Crippen LogP contribution in [0.2, 0.25) is 0 Å². The van der Waals surface area contributed by atoms with E-state index in [1.807, 2.05) is 31.4 Å². The molecule has 1 fully saturated rings. The van der Waals surface area contributed by atoms with Crippen LogP contribution in [0, 0.1) is 6.92 Å². The summed E-state index contributed by atoms with van der Waals surface area (Å²) in [7, 11) is 3.89. The molecule has 1 aliphatic heterocycles. The van der Waals surface area contributed by atoms with Crippen LogP contribution in [0.15, 0.2) is 54.9 Å². The highest BCUT2D eigenvalue weighted by Crippen LogP contribution is 2.24. The molecule has 0 spiro atoms. The van der Waals surface area contributed by atoms with Gasteiger partial charge in [0.25, 0.3) is 0 Å².